The predicted molar refractivity (Wildman–Crippen MR) is 180 cm³/mol. The number of carbonyl (C=O) groups is 3. The number of nitrogens with one attached hydrogen (secondary N) is 1. The van der Waals surface area contributed by atoms with Crippen molar-refractivity contribution in [3.63, 3.8) is 0 Å². The van der Waals surface area contributed by atoms with Crippen LogP contribution in [-0.4, -0.2) is 240 Å². The highest BCUT2D eigenvalue weighted by atomic mass is 16.8. The maximum Gasteiger partial charge on any atom is 0.335 e. The number of Topliss-reactive ketones (excluding diaryl/α,β-unsaturated/α-hetero) is 1. The number of carboxylic acids is 1. The van der Waals surface area contributed by atoms with Crippen LogP contribution in [0, 0.1) is 0 Å². The molecule has 20 atom stereocenters. The molecule has 0 radical (unpaired) electrons. The number of aliphatic hydroxyl groups is 12. The van der Waals surface area contributed by atoms with Crippen LogP contribution in [0.1, 0.15) is 32.6 Å². The maximum atomic E-state index is 12.3. The van der Waals surface area contributed by atoms with Crippen LogP contribution in [0.2, 0.25) is 0 Å². The zero-order chi connectivity index (χ0) is 43.0. The number of ether oxygens (including phenoxy) is 8. The van der Waals surface area contributed by atoms with Gasteiger partial charge in [-0.3, -0.25) is 4.79 Å². The largest absolute Gasteiger partial charge is 0.479 e. The number of hydrogen-bond acceptors (Lipinski definition) is 23. The number of carboxylic acid groups (broad SMARTS) is 1. The van der Waals surface area contributed by atoms with Crippen molar-refractivity contribution >= 4 is 17.7 Å². The Hall–Kier alpha value is -2.19. The Kier molecular flexibility index (Phi) is 18.4. The van der Waals surface area contributed by atoms with Gasteiger partial charge >= 0.3 is 5.97 Å². The van der Waals surface area contributed by atoms with Crippen LogP contribution in [0.4, 0.5) is 0 Å². The average Bonchev–Trinajstić information content (AvgIpc) is 3.19. The minimum atomic E-state index is -2.25. The fourth-order valence-corrected chi connectivity index (χ4v) is 6.75. The maximum absolute atomic E-state index is 12.3. The summed E-state index contributed by atoms with van der Waals surface area (Å²) >= 11 is 0. The van der Waals surface area contributed by atoms with Gasteiger partial charge in [-0.1, -0.05) is 0 Å². The molecule has 4 saturated heterocycles. The second-order valence-electron chi connectivity index (χ2n) is 14.3. The first-order chi connectivity index (χ1) is 27.4. The van der Waals surface area contributed by atoms with Gasteiger partial charge in [0, 0.05) is 19.4 Å². The number of hydrogen-bond donors (Lipinski definition) is 14. The Labute approximate surface area is 330 Å². The van der Waals surface area contributed by atoms with Crippen molar-refractivity contribution in [1.29, 1.82) is 0 Å². The van der Waals surface area contributed by atoms with Gasteiger partial charge in [-0.05, 0) is 19.8 Å². The molecule has 0 aromatic heterocycles. The van der Waals surface area contributed by atoms with Crippen LogP contribution in [0.25, 0.3) is 0 Å². The van der Waals surface area contributed by atoms with Crippen molar-refractivity contribution in [2.75, 3.05) is 33.0 Å². The number of rotatable bonds is 19. The summed E-state index contributed by atoms with van der Waals surface area (Å²) in [6.07, 6.45) is -36.5. The smallest absolute Gasteiger partial charge is 0.335 e. The quantitative estimate of drug-likeness (QED) is 0.0537. The molecule has 0 aromatic carbocycles. The van der Waals surface area contributed by atoms with E-state index in [0.29, 0.717) is 19.3 Å². The van der Waals surface area contributed by atoms with Crippen LogP contribution < -0.4 is 5.32 Å². The number of unbranched alkanes of at least 4 members (excludes halogenated alkanes) is 1. The minimum Gasteiger partial charge on any atom is -0.479 e. The zero-order valence-corrected chi connectivity index (χ0v) is 31.2. The molecule has 4 heterocycles. The lowest BCUT2D eigenvalue weighted by molar-refractivity contribution is -0.385. The zero-order valence-electron chi connectivity index (χ0n) is 31.2. The summed E-state index contributed by atoms with van der Waals surface area (Å²) in [5.74, 6) is -2.13. The monoisotopic (exact) mass is 849 g/mol. The first-order valence-corrected chi connectivity index (χ1v) is 18.6. The molecular weight excluding hydrogens is 794 g/mol. The van der Waals surface area contributed by atoms with E-state index in [1.165, 1.54) is 6.92 Å². The number of carbonyl (C=O) groups excluding carboxylic acids is 2. The van der Waals surface area contributed by atoms with Gasteiger partial charge in [0.15, 0.2) is 31.3 Å². The molecule has 25 heteroatoms. The highest BCUT2D eigenvalue weighted by Gasteiger charge is 2.56. The SMILES string of the molecule is CC(=O)CCCCC(=O)NCCO[C@@H]1OC(CO)[C@@H](O[C@@H]2OC(C(=O)O)[C@@H](O[C@H]3OC(CO)[C@H](O[C@H]4OC(CO)[C@@H](O)[C@H](O)C4O)[C@H](O)C3O)[C@H](O)C2O)[C@H](O)C1O. The molecule has 8 unspecified atom stereocenters. The van der Waals surface area contributed by atoms with E-state index in [2.05, 4.69) is 5.32 Å². The van der Waals surface area contributed by atoms with Gasteiger partial charge in [-0.2, -0.15) is 0 Å². The van der Waals surface area contributed by atoms with Crippen molar-refractivity contribution < 1.29 is 119 Å². The highest BCUT2D eigenvalue weighted by molar-refractivity contribution is 5.76. The molecule has 58 heavy (non-hydrogen) atoms. The molecule has 4 aliphatic heterocycles. The molecular formula is C33H55NO24. The Morgan fingerprint density at radius 2 is 0.966 bits per heavy atom. The van der Waals surface area contributed by atoms with E-state index < -0.39 is 149 Å². The minimum absolute atomic E-state index is 0.0102. The van der Waals surface area contributed by atoms with Crippen LogP contribution in [0.3, 0.4) is 0 Å². The van der Waals surface area contributed by atoms with Crippen molar-refractivity contribution in [2.45, 2.75) is 155 Å². The van der Waals surface area contributed by atoms with Crippen molar-refractivity contribution in [1.82, 2.24) is 5.32 Å². The molecule has 0 spiro atoms. The molecule has 336 valence electrons. The molecule has 0 aliphatic carbocycles. The van der Waals surface area contributed by atoms with Crippen LogP contribution in [-0.2, 0) is 52.3 Å². The van der Waals surface area contributed by atoms with Crippen LogP contribution >= 0.6 is 0 Å². The Balaban J connectivity index is 1.35. The van der Waals surface area contributed by atoms with E-state index in [-0.39, 0.29) is 31.3 Å². The second kappa shape index (κ2) is 22.1. The number of aliphatic hydroxyl groups excluding tert-OH is 12. The van der Waals surface area contributed by atoms with Gasteiger partial charge in [0.2, 0.25) is 5.91 Å². The predicted octanol–water partition coefficient (Wildman–Crippen LogP) is -8.37. The molecule has 0 saturated carbocycles. The summed E-state index contributed by atoms with van der Waals surface area (Å²) in [6, 6.07) is 0. The number of aliphatic carboxylic acids is 1. The number of ketones is 1. The fraction of sp³-hybridized carbons (Fsp3) is 0.909. The molecule has 0 aromatic rings. The van der Waals surface area contributed by atoms with Gasteiger partial charge < -0.3 is 114 Å². The van der Waals surface area contributed by atoms with E-state index in [1.54, 1.807) is 0 Å². The van der Waals surface area contributed by atoms with Crippen LogP contribution in [0.5, 0.6) is 0 Å². The normalized spacial score (nSPS) is 43.5. The summed E-state index contributed by atoms with van der Waals surface area (Å²) in [6.45, 7) is -1.48. The fourth-order valence-electron chi connectivity index (χ4n) is 6.75. The molecule has 14 N–H and O–H groups in total. The van der Waals surface area contributed by atoms with E-state index >= 15 is 0 Å². The first-order valence-electron chi connectivity index (χ1n) is 18.6. The van der Waals surface area contributed by atoms with Gasteiger partial charge in [0.1, 0.15) is 97.3 Å². The third kappa shape index (κ3) is 11.6. The lowest BCUT2D eigenvalue weighted by atomic mass is 9.95. The summed E-state index contributed by atoms with van der Waals surface area (Å²) in [4.78, 5) is 35.4. The molecule has 25 nitrogen and oxygen atoms in total. The first kappa shape index (κ1) is 48.5. The summed E-state index contributed by atoms with van der Waals surface area (Å²) in [7, 11) is 0. The lowest BCUT2D eigenvalue weighted by Crippen LogP contribution is -2.68. The van der Waals surface area contributed by atoms with Gasteiger partial charge in [-0.25, -0.2) is 4.79 Å². The molecule has 4 aliphatic rings. The van der Waals surface area contributed by atoms with Gasteiger partial charge in [-0.15, -0.1) is 0 Å². The number of amides is 1. The topological polar surface area (TPSA) is 400 Å². The molecule has 4 rings (SSSR count). The van der Waals surface area contributed by atoms with Crippen molar-refractivity contribution in [2.24, 2.45) is 0 Å². The average molecular weight is 850 g/mol. The van der Waals surface area contributed by atoms with E-state index in [0.717, 1.165) is 0 Å². The van der Waals surface area contributed by atoms with Gasteiger partial charge in [0.05, 0.1) is 26.4 Å². The third-order valence-corrected chi connectivity index (χ3v) is 10.0. The highest BCUT2D eigenvalue weighted by Crippen LogP contribution is 2.34. The Morgan fingerprint density at radius 1 is 0.534 bits per heavy atom. The van der Waals surface area contributed by atoms with Crippen molar-refractivity contribution in [3.05, 3.63) is 0 Å². The van der Waals surface area contributed by atoms with E-state index in [4.69, 9.17) is 37.9 Å². The lowest BCUT2D eigenvalue weighted by Gasteiger charge is -2.48. The van der Waals surface area contributed by atoms with Gasteiger partial charge in [0.25, 0.3) is 0 Å². The molecule has 4 fully saturated rings. The van der Waals surface area contributed by atoms with Crippen molar-refractivity contribution in [3.8, 4) is 0 Å². The third-order valence-electron chi connectivity index (χ3n) is 10.0. The second-order valence-corrected chi connectivity index (χ2v) is 14.3. The molecule has 0 bridgehead atoms. The van der Waals surface area contributed by atoms with Crippen LogP contribution in [0.15, 0.2) is 0 Å². The van der Waals surface area contributed by atoms with E-state index in [9.17, 15) is 80.8 Å². The Bertz CT molecular complexity index is 1310. The Morgan fingerprint density at radius 3 is 1.48 bits per heavy atom. The summed E-state index contributed by atoms with van der Waals surface area (Å²) in [5, 5.41) is 138. The summed E-state index contributed by atoms with van der Waals surface area (Å²) < 4.78 is 43.5. The standard InChI is InChI=1S/C33H55NO24/c1-11(38)4-2-3-5-15(39)34-6-7-51-30-22(46)18(42)25(13(9-36)53-30)56-33-24(48)20(44)27(28(58-33)29(49)50)57-32-23(47)19(43)26(14(10-37)54-32)55-31-21(45)17(41)16(40)12(8-35)52-31/h12-14,16-28,30-33,35-37,40-48H,2-10H2,1H3,(H,34,39)(H,49,50)/t12?,13?,14?,16-,17+,18-,19-,20-,21?,22?,23?,24?,25-,26+,27+,28?,30-,31-,32-,33-/m1/s1. The summed E-state index contributed by atoms with van der Waals surface area (Å²) in [5.41, 5.74) is 0. The van der Waals surface area contributed by atoms with E-state index in [1.807, 2.05) is 0 Å². The molecule has 1 amide bonds.